The molecule has 0 aromatic heterocycles. The quantitative estimate of drug-likeness (QED) is 0.381. The lowest BCUT2D eigenvalue weighted by molar-refractivity contribution is -0.134. The Morgan fingerprint density at radius 3 is 2.84 bits per heavy atom. The predicted octanol–water partition coefficient (Wildman–Crippen LogP) is -0.696. The number of hydrogen-bond donors (Lipinski definition) is 3. The van der Waals surface area contributed by atoms with Crippen LogP contribution in [0.25, 0.3) is 0 Å². The molecule has 0 saturated carbocycles. The molecular weight excluding hydrogens is 252 g/mol. The van der Waals surface area contributed by atoms with Crippen molar-refractivity contribution in [1.29, 1.82) is 0 Å². The number of amides is 2. The average molecular weight is 272 g/mol. The molecule has 3 N–H and O–H groups in total. The summed E-state index contributed by atoms with van der Waals surface area (Å²) in [6.45, 7) is 0.420. The van der Waals surface area contributed by atoms with Crippen LogP contribution in [0.5, 0.6) is 0 Å². The van der Waals surface area contributed by atoms with Gasteiger partial charge in [-0.3, -0.25) is 14.4 Å². The SMILES string of the molecule is O=C(CCCCCN1C(=O)C=CC1O)NOCCO. The highest BCUT2D eigenvalue weighted by molar-refractivity contribution is 5.90. The molecule has 7 nitrogen and oxygen atoms in total. The fourth-order valence-electron chi connectivity index (χ4n) is 1.71. The minimum absolute atomic E-state index is 0.0771. The van der Waals surface area contributed by atoms with Gasteiger partial charge in [-0.05, 0) is 18.9 Å². The highest BCUT2D eigenvalue weighted by Gasteiger charge is 2.22. The molecule has 1 heterocycles. The van der Waals surface area contributed by atoms with Crippen molar-refractivity contribution in [3.63, 3.8) is 0 Å². The summed E-state index contributed by atoms with van der Waals surface area (Å²) >= 11 is 0. The van der Waals surface area contributed by atoms with Crippen LogP contribution in [0.1, 0.15) is 25.7 Å². The van der Waals surface area contributed by atoms with Crippen molar-refractivity contribution in [3.05, 3.63) is 12.2 Å². The molecule has 0 aromatic carbocycles. The lowest BCUT2D eigenvalue weighted by atomic mass is 10.2. The van der Waals surface area contributed by atoms with E-state index in [4.69, 9.17) is 5.11 Å². The number of hydrogen-bond acceptors (Lipinski definition) is 5. The molecule has 1 aliphatic heterocycles. The first-order valence-corrected chi connectivity index (χ1v) is 6.33. The Bertz CT molecular complexity index is 332. The maximum atomic E-state index is 11.3. The smallest absolute Gasteiger partial charge is 0.248 e. The lowest BCUT2D eigenvalue weighted by Gasteiger charge is -2.19. The number of aliphatic hydroxyl groups is 2. The summed E-state index contributed by atoms with van der Waals surface area (Å²) in [6, 6.07) is 0. The van der Waals surface area contributed by atoms with Crippen molar-refractivity contribution in [2.75, 3.05) is 19.8 Å². The molecule has 0 spiro atoms. The van der Waals surface area contributed by atoms with Crippen LogP contribution in [-0.2, 0) is 14.4 Å². The summed E-state index contributed by atoms with van der Waals surface area (Å²) in [5.41, 5.74) is 2.22. The Hall–Kier alpha value is -1.44. The Labute approximate surface area is 111 Å². The summed E-state index contributed by atoms with van der Waals surface area (Å²) in [6.07, 6.45) is 4.52. The monoisotopic (exact) mass is 272 g/mol. The number of carbonyl (C=O) groups excluding carboxylic acids is 2. The van der Waals surface area contributed by atoms with Gasteiger partial charge in [0, 0.05) is 19.0 Å². The van der Waals surface area contributed by atoms with Crippen molar-refractivity contribution in [1.82, 2.24) is 10.4 Å². The van der Waals surface area contributed by atoms with E-state index >= 15 is 0 Å². The third kappa shape index (κ3) is 5.82. The molecule has 19 heavy (non-hydrogen) atoms. The van der Waals surface area contributed by atoms with Crippen LogP contribution in [0, 0.1) is 0 Å². The van der Waals surface area contributed by atoms with E-state index in [1.165, 1.54) is 17.1 Å². The molecule has 0 saturated heterocycles. The number of aliphatic hydroxyl groups excluding tert-OH is 2. The molecule has 0 aliphatic carbocycles. The molecule has 0 aromatic rings. The van der Waals surface area contributed by atoms with Gasteiger partial charge in [-0.1, -0.05) is 6.42 Å². The van der Waals surface area contributed by atoms with Crippen molar-refractivity contribution < 1.29 is 24.6 Å². The Balaban J connectivity index is 1.99. The Kier molecular flexibility index (Phi) is 7.09. The number of unbranched alkanes of at least 4 members (excludes halogenated alkanes) is 2. The molecule has 108 valence electrons. The summed E-state index contributed by atoms with van der Waals surface area (Å²) in [4.78, 5) is 28.5. The van der Waals surface area contributed by atoms with Crippen LogP contribution in [0.2, 0.25) is 0 Å². The molecule has 7 heteroatoms. The van der Waals surface area contributed by atoms with Gasteiger partial charge >= 0.3 is 0 Å². The average Bonchev–Trinajstić information content (AvgIpc) is 2.70. The van der Waals surface area contributed by atoms with Crippen molar-refractivity contribution in [2.45, 2.75) is 31.9 Å². The predicted molar refractivity (Wildman–Crippen MR) is 66.5 cm³/mol. The van der Waals surface area contributed by atoms with E-state index in [1.54, 1.807) is 0 Å². The second-order valence-electron chi connectivity index (χ2n) is 4.21. The van der Waals surface area contributed by atoms with Gasteiger partial charge in [-0.25, -0.2) is 5.48 Å². The first-order valence-electron chi connectivity index (χ1n) is 6.33. The van der Waals surface area contributed by atoms with E-state index in [0.717, 1.165) is 12.8 Å². The Morgan fingerprint density at radius 1 is 1.42 bits per heavy atom. The van der Waals surface area contributed by atoms with Crippen LogP contribution < -0.4 is 5.48 Å². The van der Waals surface area contributed by atoms with Gasteiger partial charge in [-0.15, -0.1) is 0 Å². The van der Waals surface area contributed by atoms with Gasteiger partial charge in [0.05, 0.1) is 13.2 Å². The van der Waals surface area contributed by atoms with E-state index < -0.39 is 6.23 Å². The normalized spacial score (nSPS) is 18.1. The second kappa shape index (κ2) is 8.63. The zero-order chi connectivity index (χ0) is 14.1. The summed E-state index contributed by atoms with van der Waals surface area (Å²) < 4.78 is 0. The van der Waals surface area contributed by atoms with Crippen molar-refractivity contribution >= 4 is 11.8 Å². The zero-order valence-electron chi connectivity index (χ0n) is 10.7. The van der Waals surface area contributed by atoms with Crippen molar-refractivity contribution in [2.24, 2.45) is 0 Å². The third-order valence-electron chi connectivity index (χ3n) is 2.70. The second-order valence-corrected chi connectivity index (χ2v) is 4.21. The van der Waals surface area contributed by atoms with E-state index in [-0.39, 0.29) is 25.0 Å². The fraction of sp³-hybridized carbons (Fsp3) is 0.667. The molecule has 1 atom stereocenters. The fourth-order valence-corrected chi connectivity index (χ4v) is 1.71. The first-order chi connectivity index (χ1) is 9.15. The molecule has 0 radical (unpaired) electrons. The van der Waals surface area contributed by atoms with Crippen LogP contribution >= 0.6 is 0 Å². The van der Waals surface area contributed by atoms with Crippen LogP contribution in [0.4, 0.5) is 0 Å². The van der Waals surface area contributed by atoms with Crippen molar-refractivity contribution in [3.8, 4) is 0 Å². The lowest BCUT2D eigenvalue weighted by Crippen LogP contribution is -2.34. The number of rotatable bonds is 9. The molecule has 0 fully saturated rings. The van der Waals surface area contributed by atoms with Crippen LogP contribution in [-0.4, -0.2) is 52.9 Å². The Morgan fingerprint density at radius 2 is 2.21 bits per heavy atom. The van der Waals surface area contributed by atoms with Gasteiger partial charge in [0.1, 0.15) is 6.23 Å². The van der Waals surface area contributed by atoms with E-state index in [0.29, 0.717) is 19.4 Å². The van der Waals surface area contributed by atoms with Crippen LogP contribution in [0.3, 0.4) is 0 Å². The van der Waals surface area contributed by atoms with Gasteiger partial charge in [-0.2, -0.15) is 0 Å². The maximum Gasteiger partial charge on any atom is 0.248 e. The van der Waals surface area contributed by atoms with E-state index in [1.807, 2.05) is 0 Å². The number of nitrogens with zero attached hydrogens (tertiary/aromatic N) is 1. The summed E-state index contributed by atoms with van der Waals surface area (Å²) in [5.74, 6) is -0.407. The third-order valence-corrected chi connectivity index (χ3v) is 2.70. The van der Waals surface area contributed by atoms with E-state index in [9.17, 15) is 14.7 Å². The maximum absolute atomic E-state index is 11.3. The topological polar surface area (TPSA) is 99.1 Å². The first kappa shape index (κ1) is 15.6. The zero-order valence-corrected chi connectivity index (χ0v) is 10.7. The molecule has 1 unspecified atom stereocenters. The minimum Gasteiger partial charge on any atom is -0.394 e. The highest BCUT2D eigenvalue weighted by atomic mass is 16.7. The molecule has 1 aliphatic rings. The minimum atomic E-state index is -0.817. The summed E-state index contributed by atoms with van der Waals surface area (Å²) in [7, 11) is 0. The molecule has 1 rings (SSSR count). The van der Waals surface area contributed by atoms with Gasteiger partial charge in [0.15, 0.2) is 0 Å². The van der Waals surface area contributed by atoms with Gasteiger partial charge < -0.3 is 15.1 Å². The number of carbonyl (C=O) groups is 2. The highest BCUT2D eigenvalue weighted by Crippen LogP contribution is 2.10. The van der Waals surface area contributed by atoms with E-state index in [2.05, 4.69) is 10.3 Å². The summed E-state index contributed by atoms with van der Waals surface area (Å²) in [5, 5.41) is 17.9. The molecular formula is C12H20N2O5. The molecule has 2 amide bonds. The number of hydroxylamine groups is 1. The van der Waals surface area contributed by atoms with Gasteiger partial charge in [0.2, 0.25) is 11.8 Å². The standard InChI is InChI=1S/C12H20N2O5/c15-8-9-19-13-10(16)4-2-1-3-7-14-11(17)5-6-12(14)18/h5-6,11,15,17H,1-4,7-9H2,(H,13,16). The number of nitrogens with one attached hydrogen (secondary N) is 1. The van der Waals surface area contributed by atoms with Gasteiger partial charge in [0.25, 0.3) is 0 Å². The van der Waals surface area contributed by atoms with Crippen LogP contribution in [0.15, 0.2) is 12.2 Å². The molecule has 0 bridgehead atoms. The largest absolute Gasteiger partial charge is 0.394 e.